The zero-order valence-electron chi connectivity index (χ0n) is 25.9. The topological polar surface area (TPSA) is 130 Å². The van der Waals surface area contributed by atoms with E-state index < -0.39 is 41.1 Å². The minimum absolute atomic E-state index is 0.00739. The molecule has 2 fully saturated rings. The minimum atomic E-state index is -1.31. The third-order valence-electron chi connectivity index (χ3n) is 8.01. The summed E-state index contributed by atoms with van der Waals surface area (Å²) in [5.41, 5.74) is -0.589. The first-order chi connectivity index (χ1) is 21.3. The maximum atomic E-state index is 14.8. The smallest absolute Gasteiger partial charge is 0.407 e. The van der Waals surface area contributed by atoms with E-state index in [4.69, 9.17) is 9.26 Å². The van der Waals surface area contributed by atoms with Crippen molar-refractivity contribution in [1.82, 2.24) is 30.3 Å². The van der Waals surface area contributed by atoms with Crippen molar-refractivity contribution in [1.29, 1.82) is 0 Å². The molecule has 2 amide bonds. The largest absolute Gasteiger partial charge is 0.444 e. The predicted molar refractivity (Wildman–Crippen MR) is 157 cm³/mol. The normalized spacial score (nSPS) is 19.1. The zero-order chi connectivity index (χ0) is 32.5. The molecule has 0 bridgehead atoms. The Morgan fingerprint density at radius 3 is 2.33 bits per heavy atom. The van der Waals surface area contributed by atoms with Crippen LogP contribution >= 0.6 is 0 Å². The summed E-state index contributed by atoms with van der Waals surface area (Å²) in [5, 5.41) is 6.67. The van der Waals surface area contributed by atoms with Gasteiger partial charge >= 0.3 is 12.1 Å². The van der Waals surface area contributed by atoms with Gasteiger partial charge in [0.25, 0.3) is 5.91 Å². The number of hydrogen-bond acceptors (Lipinski definition) is 10. The first-order valence-electron chi connectivity index (χ1n) is 14.9. The summed E-state index contributed by atoms with van der Waals surface area (Å²) in [6.07, 6.45) is 4.22. The molecule has 0 radical (unpaired) electrons. The number of benzene rings is 1. The van der Waals surface area contributed by atoms with Gasteiger partial charge in [-0.2, -0.15) is 4.98 Å². The van der Waals surface area contributed by atoms with Crippen molar-refractivity contribution in [2.75, 3.05) is 43.0 Å². The van der Waals surface area contributed by atoms with Crippen LogP contribution in [0.15, 0.2) is 29.0 Å². The molecule has 45 heavy (non-hydrogen) atoms. The zero-order valence-corrected chi connectivity index (χ0v) is 25.9. The molecule has 2 aliphatic rings. The quantitative estimate of drug-likeness (QED) is 0.381. The molecular formula is C30H37F3N8O4. The second kappa shape index (κ2) is 12.9. The molecule has 2 unspecified atom stereocenters. The molecule has 12 nitrogen and oxygen atoms in total. The molecule has 15 heteroatoms. The number of anilines is 2. The molecule has 2 saturated heterocycles. The van der Waals surface area contributed by atoms with Crippen molar-refractivity contribution in [3.63, 3.8) is 0 Å². The summed E-state index contributed by atoms with van der Waals surface area (Å²) >= 11 is 0. The molecular weight excluding hydrogens is 593 g/mol. The number of carbonyl (C=O) groups is 2. The fraction of sp³-hybridized carbons (Fsp3) is 0.533. The van der Waals surface area contributed by atoms with Gasteiger partial charge in [0.05, 0.1) is 11.6 Å². The van der Waals surface area contributed by atoms with Crippen LogP contribution in [0.5, 0.6) is 0 Å². The van der Waals surface area contributed by atoms with Crippen molar-refractivity contribution in [2.45, 2.75) is 70.6 Å². The third kappa shape index (κ3) is 7.28. The minimum Gasteiger partial charge on any atom is -0.444 e. The maximum Gasteiger partial charge on any atom is 0.407 e. The van der Waals surface area contributed by atoms with Crippen LogP contribution in [0.2, 0.25) is 0 Å². The van der Waals surface area contributed by atoms with Gasteiger partial charge in [0, 0.05) is 70.1 Å². The highest BCUT2D eigenvalue weighted by Crippen LogP contribution is 2.33. The summed E-state index contributed by atoms with van der Waals surface area (Å²) in [6.45, 7) is 8.62. The molecule has 4 heterocycles. The maximum absolute atomic E-state index is 14.8. The highest BCUT2D eigenvalue weighted by molar-refractivity contribution is 5.93. The number of ether oxygens (including phenoxy) is 1. The SMILES string of the molecule is CCc1noc(N2CCC(N(C)C(=O)c3cnc(N4CC(NC(=O)OC(C)(C)C)C(c5cc(F)c(F)cc5F)C4)nc3)CC2)n1. The first-order valence-corrected chi connectivity index (χ1v) is 14.9. The van der Waals surface area contributed by atoms with Crippen LogP contribution in [0.25, 0.3) is 0 Å². The van der Waals surface area contributed by atoms with Gasteiger partial charge in [-0.3, -0.25) is 4.79 Å². The van der Waals surface area contributed by atoms with E-state index in [9.17, 15) is 22.8 Å². The molecule has 5 rings (SSSR count). The number of hydrogen-bond donors (Lipinski definition) is 1. The lowest BCUT2D eigenvalue weighted by molar-refractivity contribution is 0.0504. The average Bonchev–Trinajstić information content (AvgIpc) is 3.65. The van der Waals surface area contributed by atoms with E-state index in [1.165, 1.54) is 12.4 Å². The summed E-state index contributed by atoms with van der Waals surface area (Å²) < 4.78 is 53.4. The molecule has 0 spiro atoms. The van der Waals surface area contributed by atoms with Crippen molar-refractivity contribution in [3.05, 3.63) is 58.9 Å². The number of aryl methyl sites for hydroxylation is 1. The van der Waals surface area contributed by atoms with Crippen molar-refractivity contribution in [3.8, 4) is 0 Å². The van der Waals surface area contributed by atoms with Gasteiger partial charge in [-0.15, -0.1) is 0 Å². The number of aromatic nitrogens is 4. The molecule has 1 aromatic carbocycles. The lowest BCUT2D eigenvalue weighted by Gasteiger charge is -2.35. The second-order valence-corrected chi connectivity index (χ2v) is 12.3. The van der Waals surface area contributed by atoms with E-state index in [0.29, 0.717) is 55.8 Å². The average molecular weight is 631 g/mol. The number of halogens is 3. The van der Waals surface area contributed by atoms with Gasteiger partial charge in [0.1, 0.15) is 11.4 Å². The molecule has 2 aromatic heterocycles. The molecule has 2 aliphatic heterocycles. The second-order valence-electron chi connectivity index (χ2n) is 12.3. The molecule has 2 atom stereocenters. The number of rotatable bonds is 7. The molecule has 242 valence electrons. The molecule has 3 aromatic rings. The van der Waals surface area contributed by atoms with E-state index in [2.05, 4.69) is 25.4 Å². The van der Waals surface area contributed by atoms with E-state index in [1.54, 1.807) is 37.6 Å². The predicted octanol–water partition coefficient (Wildman–Crippen LogP) is 4.08. The number of piperidine rings is 1. The van der Waals surface area contributed by atoms with Crippen LogP contribution in [-0.4, -0.2) is 87.9 Å². The summed E-state index contributed by atoms with van der Waals surface area (Å²) in [5.74, 6) is -3.56. The first kappa shape index (κ1) is 32.0. The van der Waals surface area contributed by atoms with Gasteiger partial charge in [0.15, 0.2) is 17.5 Å². The van der Waals surface area contributed by atoms with E-state index >= 15 is 0 Å². The highest BCUT2D eigenvalue weighted by Gasteiger charge is 2.39. The lowest BCUT2D eigenvalue weighted by Crippen LogP contribution is -2.45. The van der Waals surface area contributed by atoms with Crippen LogP contribution in [0.3, 0.4) is 0 Å². The van der Waals surface area contributed by atoms with Crippen LogP contribution in [0, 0.1) is 17.5 Å². The summed E-state index contributed by atoms with van der Waals surface area (Å²) in [4.78, 5) is 44.4. The Kier molecular flexibility index (Phi) is 9.16. The van der Waals surface area contributed by atoms with Gasteiger partial charge in [-0.1, -0.05) is 12.1 Å². The Balaban J connectivity index is 1.26. The molecule has 0 aliphatic carbocycles. The highest BCUT2D eigenvalue weighted by atomic mass is 19.2. The van der Waals surface area contributed by atoms with Gasteiger partial charge in [-0.25, -0.2) is 27.9 Å². The number of nitrogens with one attached hydrogen (secondary N) is 1. The van der Waals surface area contributed by atoms with Crippen molar-refractivity contribution < 1.29 is 32.0 Å². The summed E-state index contributed by atoms with van der Waals surface area (Å²) in [6, 6.07) is 1.04. The Morgan fingerprint density at radius 2 is 1.71 bits per heavy atom. The van der Waals surface area contributed by atoms with Crippen molar-refractivity contribution in [2.24, 2.45) is 0 Å². The number of nitrogens with zero attached hydrogens (tertiary/aromatic N) is 7. The van der Waals surface area contributed by atoms with Crippen LogP contribution in [-0.2, 0) is 11.2 Å². The van der Waals surface area contributed by atoms with E-state index in [0.717, 1.165) is 6.07 Å². The number of carbonyl (C=O) groups excluding carboxylic acids is 2. The van der Waals surface area contributed by atoms with Crippen LogP contribution in [0.1, 0.15) is 68.2 Å². The summed E-state index contributed by atoms with van der Waals surface area (Å²) in [7, 11) is 1.74. The fourth-order valence-electron chi connectivity index (χ4n) is 5.64. The Labute approximate surface area is 258 Å². The fourth-order valence-corrected chi connectivity index (χ4v) is 5.64. The Hall–Kier alpha value is -4.43. The Bertz CT molecular complexity index is 1520. The lowest BCUT2D eigenvalue weighted by atomic mass is 9.93. The van der Waals surface area contributed by atoms with E-state index in [-0.39, 0.29) is 36.6 Å². The number of alkyl carbamates (subject to hydrolysis) is 1. The van der Waals surface area contributed by atoms with Gasteiger partial charge in [0.2, 0.25) is 5.95 Å². The monoisotopic (exact) mass is 630 g/mol. The van der Waals surface area contributed by atoms with E-state index in [1.807, 2.05) is 11.8 Å². The molecule has 0 saturated carbocycles. The third-order valence-corrected chi connectivity index (χ3v) is 8.01. The number of amides is 2. The van der Waals surface area contributed by atoms with Gasteiger partial charge < -0.3 is 29.3 Å². The standard InChI is InChI=1S/C30H37F3N8O4/c1-6-25-37-28(45-38-25)40-9-7-18(8-10-40)39(5)26(42)17-13-34-27(35-14-17)41-15-20(19-11-22(32)23(33)12-21(19)31)24(16-41)36-29(43)44-30(2,3)4/h11-14,18,20,24H,6-10,15-16H2,1-5H3,(H,36,43). The van der Waals surface area contributed by atoms with Gasteiger partial charge in [-0.05, 0) is 45.2 Å². The molecule has 1 N–H and O–H groups in total. The van der Waals surface area contributed by atoms with Crippen LogP contribution in [0.4, 0.5) is 29.9 Å². The Morgan fingerprint density at radius 1 is 1.04 bits per heavy atom. The van der Waals surface area contributed by atoms with Crippen molar-refractivity contribution >= 4 is 24.0 Å². The van der Waals surface area contributed by atoms with Crippen LogP contribution < -0.4 is 15.1 Å².